The molecule has 0 radical (unpaired) electrons. The fourth-order valence-corrected chi connectivity index (χ4v) is 3.54. The smallest absolute Gasteiger partial charge is 0.227 e. The first kappa shape index (κ1) is 17.5. The zero-order valence-corrected chi connectivity index (χ0v) is 13.8. The number of carbonyl (C=O) groups excluding carboxylic acids is 2. The fourth-order valence-electron chi connectivity index (χ4n) is 3.54. The molecule has 7 heteroatoms. The van der Waals surface area contributed by atoms with Crippen molar-refractivity contribution in [3.05, 3.63) is 0 Å². The summed E-state index contributed by atoms with van der Waals surface area (Å²) in [4.78, 5) is 28.9. The Kier molecular flexibility index (Phi) is 6.47. The second kappa shape index (κ2) is 8.13. The molecule has 22 heavy (non-hydrogen) atoms. The van der Waals surface area contributed by atoms with E-state index in [2.05, 4.69) is 5.32 Å². The summed E-state index contributed by atoms with van der Waals surface area (Å²) < 4.78 is 5.30. The molecule has 3 fully saturated rings. The Labute approximate surface area is 137 Å². The van der Waals surface area contributed by atoms with E-state index >= 15 is 0 Å². The molecule has 2 unspecified atom stereocenters. The van der Waals surface area contributed by atoms with E-state index in [1.54, 1.807) is 0 Å². The number of halogens is 1. The third kappa shape index (κ3) is 3.91. The van der Waals surface area contributed by atoms with E-state index in [-0.39, 0.29) is 36.1 Å². The maximum Gasteiger partial charge on any atom is 0.227 e. The van der Waals surface area contributed by atoms with Crippen LogP contribution in [0.15, 0.2) is 0 Å². The highest BCUT2D eigenvalue weighted by Gasteiger charge is 2.34. The summed E-state index contributed by atoms with van der Waals surface area (Å²) >= 11 is 0. The Morgan fingerprint density at radius 3 is 2.36 bits per heavy atom. The van der Waals surface area contributed by atoms with Crippen molar-refractivity contribution in [2.24, 2.45) is 11.8 Å². The van der Waals surface area contributed by atoms with E-state index in [0.29, 0.717) is 32.8 Å². The van der Waals surface area contributed by atoms with Crippen LogP contribution in [0.4, 0.5) is 0 Å². The van der Waals surface area contributed by atoms with Crippen molar-refractivity contribution in [3.63, 3.8) is 0 Å². The van der Waals surface area contributed by atoms with Crippen molar-refractivity contribution in [1.82, 2.24) is 15.1 Å². The summed E-state index contributed by atoms with van der Waals surface area (Å²) in [6.45, 7) is 5.78. The Morgan fingerprint density at radius 1 is 0.955 bits per heavy atom. The summed E-state index contributed by atoms with van der Waals surface area (Å²) in [5, 5.41) is 3.24. The predicted octanol–water partition coefficient (Wildman–Crippen LogP) is 0.115. The van der Waals surface area contributed by atoms with Gasteiger partial charge in [-0.3, -0.25) is 9.59 Å². The van der Waals surface area contributed by atoms with Gasteiger partial charge < -0.3 is 19.9 Å². The van der Waals surface area contributed by atoms with Crippen LogP contribution < -0.4 is 5.32 Å². The first-order valence-electron chi connectivity index (χ1n) is 8.12. The molecule has 3 aliphatic rings. The van der Waals surface area contributed by atoms with Crippen LogP contribution >= 0.6 is 12.4 Å². The number of nitrogens with one attached hydrogen (secondary N) is 1. The van der Waals surface area contributed by atoms with Crippen molar-refractivity contribution in [2.75, 3.05) is 52.5 Å². The Morgan fingerprint density at radius 2 is 1.68 bits per heavy atom. The highest BCUT2D eigenvalue weighted by atomic mass is 35.5. The lowest BCUT2D eigenvalue weighted by Gasteiger charge is -2.37. The van der Waals surface area contributed by atoms with Crippen molar-refractivity contribution in [1.29, 1.82) is 0 Å². The number of rotatable bonds is 2. The third-order valence-electron chi connectivity index (χ3n) is 4.81. The predicted molar refractivity (Wildman–Crippen MR) is 84.9 cm³/mol. The third-order valence-corrected chi connectivity index (χ3v) is 4.81. The minimum Gasteiger partial charge on any atom is -0.378 e. The molecule has 0 saturated carbocycles. The molecule has 3 aliphatic heterocycles. The van der Waals surface area contributed by atoms with E-state index in [0.717, 1.165) is 38.9 Å². The SMILES string of the molecule is Cl.O=C(C1CCCN(C(=O)C2CCNC2)C1)N1CCOCC1. The van der Waals surface area contributed by atoms with Gasteiger partial charge in [-0.15, -0.1) is 12.4 Å². The lowest BCUT2D eigenvalue weighted by molar-refractivity contribution is -0.145. The monoisotopic (exact) mass is 331 g/mol. The summed E-state index contributed by atoms with van der Waals surface area (Å²) in [7, 11) is 0. The molecule has 3 saturated heterocycles. The highest BCUT2D eigenvalue weighted by Crippen LogP contribution is 2.22. The minimum absolute atomic E-state index is 0. The topological polar surface area (TPSA) is 61.9 Å². The maximum atomic E-state index is 12.6. The molecule has 0 spiro atoms. The van der Waals surface area contributed by atoms with Crippen molar-refractivity contribution in [2.45, 2.75) is 19.3 Å². The zero-order valence-electron chi connectivity index (χ0n) is 13.0. The largest absolute Gasteiger partial charge is 0.378 e. The maximum absolute atomic E-state index is 12.6. The van der Waals surface area contributed by atoms with E-state index in [1.807, 2.05) is 9.80 Å². The molecule has 0 aromatic heterocycles. The number of amides is 2. The average molecular weight is 332 g/mol. The van der Waals surface area contributed by atoms with Crippen molar-refractivity contribution < 1.29 is 14.3 Å². The van der Waals surface area contributed by atoms with Crippen LogP contribution in [0.3, 0.4) is 0 Å². The molecule has 0 aromatic rings. The molecule has 3 heterocycles. The van der Waals surface area contributed by atoms with Crippen LogP contribution in [-0.2, 0) is 14.3 Å². The average Bonchev–Trinajstić information content (AvgIpc) is 3.09. The second-order valence-electron chi connectivity index (χ2n) is 6.25. The van der Waals surface area contributed by atoms with Crippen LogP contribution in [0, 0.1) is 11.8 Å². The molecule has 1 N–H and O–H groups in total. The van der Waals surface area contributed by atoms with E-state index in [9.17, 15) is 9.59 Å². The zero-order chi connectivity index (χ0) is 14.7. The number of morpholine rings is 1. The van der Waals surface area contributed by atoms with Gasteiger partial charge in [0.25, 0.3) is 0 Å². The highest BCUT2D eigenvalue weighted by molar-refractivity contribution is 5.85. The van der Waals surface area contributed by atoms with Gasteiger partial charge in [0.05, 0.1) is 25.0 Å². The number of carbonyl (C=O) groups is 2. The van der Waals surface area contributed by atoms with Crippen LogP contribution in [0.5, 0.6) is 0 Å². The van der Waals surface area contributed by atoms with Gasteiger partial charge in [0, 0.05) is 32.7 Å². The van der Waals surface area contributed by atoms with Gasteiger partial charge in [0.1, 0.15) is 0 Å². The van der Waals surface area contributed by atoms with Crippen molar-refractivity contribution in [3.8, 4) is 0 Å². The number of piperidine rings is 1. The van der Waals surface area contributed by atoms with E-state index < -0.39 is 0 Å². The van der Waals surface area contributed by atoms with Crippen molar-refractivity contribution >= 4 is 24.2 Å². The lowest BCUT2D eigenvalue weighted by atomic mass is 9.94. The van der Waals surface area contributed by atoms with Gasteiger partial charge >= 0.3 is 0 Å². The van der Waals surface area contributed by atoms with Gasteiger partial charge in [-0.25, -0.2) is 0 Å². The lowest BCUT2D eigenvalue weighted by Crippen LogP contribution is -2.50. The summed E-state index contributed by atoms with van der Waals surface area (Å²) in [6, 6.07) is 0. The normalized spacial score (nSPS) is 29.1. The fraction of sp³-hybridized carbons (Fsp3) is 0.867. The second-order valence-corrected chi connectivity index (χ2v) is 6.25. The Hall–Kier alpha value is -0.850. The van der Waals surface area contributed by atoms with Gasteiger partial charge in [0.15, 0.2) is 0 Å². The van der Waals surface area contributed by atoms with Gasteiger partial charge in [-0.2, -0.15) is 0 Å². The minimum atomic E-state index is -0.0184. The molecule has 3 rings (SSSR count). The first-order chi connectivity index (χ1) is 10.3. The van der Waals surface area contributed by atoms with Crippen LogP contribution in [-0.4, -0.2) is 74.1 Å². The number of hydrogen-bond donors (Lipinski definition) is 1. The van der Waals surface area contributed by atoms with Crippen LogP contribution in [0.25, 0.3) is 0 Å². The molecule has 0 aliphatic carbocycles. The number of likely N-dealkylation sites (tertiary alicyclic amines) is 1. The quantitative estimate of drug-likeness (QED) is 0.780. The van der Waals surface area contributed by atoms with E-state index in [1.165, 1.54) is 0 Å². The molecule has 0 bridgehead atoms. The summed E-state index contributed by atoms with van der Waals surface area (Å²) in [5.41, 5.74) is 0. The molecule has 6 nitrogen and oxygen atoms in total. The number of ether oxygens (including phenoxy) is 1. The molecule has 0 aromatic carbocycles. The molecular weight excluding hydrogens is 306 g/mol. The van der Waals surface area contributed by atoms with Gasteiger partial charge in [0.2, 0.25) is 11.8 Å². The van der Waals surface area contributed by atoms with Crippen LogP contribution in [0.2, 0.25) is 0 Å². The van der Waals surface area contributed by atoms with Gasteiger partial charge in [-0.1, -0.05) is 0 Å². The number of hydrogen-bond acceptors (Lipinski definition) is 4. The Bertz CT molecular complexity index is 395. The first-order valence-corrected chi connectivity index (χ1v) is 8.12. The summed E-state index contributed by atoms with van der Waals surface area (Å²) in [6.07, 6.45) is 2.77. The van der Waals surface area contributed by atoms with Crippen LogP contribution in [0.1, 0.15) is 19.3 Å². The summed E-state index contributed by atoms with van der Waals surface area (Å²) in [5.74, 6) is 0.539. The Balaban J connectivity index is 0.00000176. The molecule has 2 amide bonds. The van der Waals surface area contributed by atoms with E-state index in [4.69, 9.17) is 4.74 Å². The number of nitrogens with zero attached hydrogens (tertiary/aromatic N) is 2. The molecule has 126 valence electrons. The molecular formula is C15H26ClN3O3. The van der Waals surface area contributed by atoms with Gasteiger partial charge in [-0.05, 0) is 25.8 Å². The standard InChI is InChI=1S/C15H25N3O3.ClH/c19-14(12-3-4-16-10-12)18-5-1-2-13(11-18)15(20)17-6-8-21-9-7-17;/h12-13,16H,1-11H2;1H. The molecule has 2 atom stereocenters.